The van der Waals surface area contributed by atoms with Gasteiger partial charge in [0.05, 0.1) is 16.6 Å². The SMILES string of the molecule is c1ccc(-c2c(-n3c4ccccc4c4ccccc43)nc3oc4ccccc4n23)cc1. The van der Waals surface area contributed by atoms with Gasteiger partial charge in [0.1, 0.15) is 5.69 Å². The van der Waals surface area contributed by atoms with Gasteiger partial charge in [-0.15, -0.1) is 0 Å². The van der Waals surface area contributed by atoms with Gasteiger partial charge in [-0.05, 0) is 24.3 Å². The van der Waals surface area contributed by atoms with E-state index < -0.39 is 0 Å². The van der Waals surface area contributed by atoms with Crippen LogP contribution in [0.25, 0.3) is 55.8 Å². The molecule has 0 saturated heterocycles. The van der Waals surface area contributed by atoms with Crippen LogP contribution in [0.3, 0.4) is 0 Å². The second kappa shape index (κ2) is 6.09. The molecule has 146 valence electrons. The Morgan fingerprint density at radius 1 is 0.581 bits per heavy atom. The average molecular weight is 399 g/mol. The van der Waals surface area contributed by atoms with Crippen LogP contribution in [-0.2, 0) is 0 Å². The van der Waals surface area contributed by atoms with E-state index in [1.807, 2.05) is 24.3 Å². The molecule has 0 saturated carbocycles. The Bertz CT molecular complexity index is 1680. The normalized spacial score (nSPS) is 11.9. The number of hydrogen-bond donors (Lipinski definition) is 0. The van der Waals surface area contributed by atoms with Gasteiger partial charge < -0.3 is 4.42 Å². The lowest BCUT2D eigenvalue weighted by atomic mass is 10.1. The van der Waals surface area contributed by atoms with Crippen LogP contribution in [0.5, 0.6) is 0 Å². The quantitative estimate of drug-likeness (QED) is 0.319. The van der Waals surface area contributed by atoms with Crippen molar-refractivity contribution in [1.82, 2.24) is 14.0 Å². The van der Waals surface area contributed by atoms with Crippen molar-refractivity contribution in [3.8, 4) is 17.1 Å². The minimum absolute atomic E-state index is 0.594. The fraction of sp³-hybridized carbons (Fsp3) is 0. The van der Waals surface area contributed by atoms with Crippen molar-refractivity contribution >= 4 is 38.7 Å². The predicted octanol–water partition coefficient (Wildman–Crippen LogP) is 6.84. The number of para-hydroxylation sites is 4. The summed E-state index contributed by atoms with van der Waals surface area (Å²) in [5.41, 5.74) is 6.22. The van der Waals surface area contributed by atoms with E-state index >= 15 is 0 Å². The summed E-state index contributed by atoms with van der Waals surface area (Å²) >= 11 is 0. The van der Waals surface area contributed by atoms with E-state index in [1.165, 1.54) is 10.8 Å². The summed E-state index contributed by atoms with van der Waals surface area (Å²) in [7, 11) is 0. The Kier molecular flexibility index (Phi) is 3.24. The molecule has 0 aliphatic rings. The fourth-order valence-corrected chi connectivity index (χ4v) is 4.67. The van der Waals surface area contributed by atoms with Crippen molar-refractivity contribution in [1.29, 1.82) is 0 Å². The number of nitrogens with zero attached hydrogens (tertiary/aromatic N) is 3. The van der Waals surface area contributed by atoms with Crippen LogP contribution in [0.15, 0.2) is 108 Å². The number of aromatic nitrogens is 3. The predicted molar refractivity (Wildman–Crippen MR) is 125 cm³/mol. The van der Waals surface area contributed by atoms with Gasteiger partial charge in [-0.3, -0.25) is 8.97 Å². The van der Waals surface area contributed by atoms with E-state index in [4.69, 9.17) is 9.40 Å². The fourth-order valence-electron chi connectivity index (χ4n) is 4.67. The molecule has 4 nitrogen and oxygen atoms in total. The Morgan fingerprint density at radius 3 is 1.87 bits per heavy atom. The van der Waals surface area contributed by atoms with Crippen molar-refractivity contribution in [3.63, 3.8) is 0 Å². The summed E-state index contributed by atoms with van der Waals surface area (Å²) in [6.45, 7) is 0. The summed E-state index contributed by atoms with van der Waals surface area (Å²) in [5, 5.41) is 2.43. The molecule has 0 aliphatic heterocycles. The first-order chi connectivity index (χ1) is 15.4. The number of imidazole rings is 1. The molecular weight excluding hydrogens is 382 g/mol. The topological polar surface area (TPSA) is 35.4 Å². The van der Waals surface area contributed by atoms with Gasteiger partial charge in [0, 0.05) is 16.3 Å². The molecule has 7 aromatic rings. The first-order valence-corrected chi connectivity index (χ1v) is 10.3. The molecule has 7 rings (SSSR count). The molecule has 3 heterocycles. The summed E-state index contributed by atoms with van der Waals surface area (Å²) in [5.74, 6) is 1.46. The maximum absolute atomic E-state index is 6.16. The smallest absolute Gasteiger partial charge is 0.309 e. The molecule has 0 amide bonds. The van der Waals surface area contributed by atoms with E-state index in [0.717, 1.165) is 39.2 Å². The lowest BCUT2D eigenvalue weighted by Gasteiger charge is -2.09. The van der Waals surface area contributed by atoms with Gasteiger partial charge in [0.25, 0.3) is 0 Å². The number of fused-ring (bicyclic) bond motifs is 6. The van der Waals surface area contributed by atoms with E-state index in [1.54, 1.807) is 0 Å². The van der Waals surface area contributed by atoms with Gasteiger partial charge in [0.2, 0.25) is 0 Å². The molecule has 3 aromatic heterocycles. The van der Waals surface area contributed by atoms with E-state index in [-0.39, 0.29) is 0 Å². The molecule has 0 aliphatic carbocycles. The largest absolute Gasteiger partial charge is 0.423 e. The summed E-state index contributed by atoms with van der Waals surface area (Å²) in [6.07, 6.45) is 0. The second-order valence-electron chi connectivity index (χ2n) is 7.71. The lowest BCUT2D eigenvalue weighted by Crippen LogP contribution is -1.98. The lowest BCUT2D eigenvalue weighted by molar-refractivity contribution is 0.641. The molecule has 0 unspecified atom stereocenters. The zero-order valence-electron chi connectivity index (χ0n) is 16.6. The Balaban J connectivity index is 1.70. The van der Waals surface area contributed by atoms with E-state index in [9.17, 15) is 0 Å². The molecule has 31 heavy (non-hydrogen) atoms. The van der Waals surface area contributed by atoms with Gasteiger partial charge in [-0.1, -0.05) is 78.9 Å². The Labute approximate surface area is 177 Å². The van der Waals surface area contributed by atoms with E-state index in [0.29, 0.717) is 5.84 Å². The Hall–Kier alpha value is -4.31. The monoisotopic (exact) mass is 399 g/mol. The number of oxazole rings is 1. The van der Waals surface area contributed by atoms with Crippen molar-refractivity contribution < 1.29 is 4.42 Å². The summed E-state index contributed by atoms with van der Waals surface area (Å²) in [4.78, 5) is 5.03. The van der Waals surface area contributed by atoms with Crippen molar-refractivity contribution in [2.24, 2.45) is 0 Å². The number of hydrogen-bond acceptors (Lipinski definition) is 2. The summed E-state index contributed by atoms with van der Waals surface area (Å²) < 4.78 is 10.5. The highest BCUT2D eigenvalue weighted by Crippen LogP contribution is 2.38. The zero-order chi connectivity index (χ0) is 20.4. The van der Waals surface area contributed by atoms with Crippen molar-refractivity contribution in [2.45, 2.75) is 0 Å². The Morgan fingerprint density at radius 2 is 1.16 bits per heavy atom. The molecule has 0 N–H and O–H groups in total. The second-order valence-corrected chi connectivity index (χ2v) is 7.71. The molecule has 4 aromatic carbocycles. The van der Waals surface area contributed by atoms with Crippen LogP contribution in [0.2, 0.25) is 0 Å². The number of benzene rings is 4. The van der Waals surface area contributed by atoms with Crippen LogP contribution >= 0.6 is 0 Å². The maximum Gasteiger partial charge on any atom is 0.309 e. The standard InChI is InChI=1S/C27H17N3O/c1-2-10-18(11-3-1)25-26(28-27-30(25)23-16-8-9-17-24(23)31-27)29-21-14-6-4-12-19(21)20-13-5-7-15-22(20)29/h1-17H. The highest BCUT2D eigenvalue weighted by molar-refractivity contribution is 6.09. The maximum atomic E-state index is 6.16. The van der Waals surface area contributed by atoms with Gasteiger partial charge >= 0.3 is 5.84 Å². The van der Waals surface area contributed by atoms with Crippen molar-refractivity contribution in [3.05, 3.63) is 103 Å². The third-order valence-electron chi connectivity index (χ3n) is 5.97. The minimum atomic E-state index is 0.594. The van der Waals surface area contributed by atoms with Crippen molar-refractivity contribution in [2.75, 3.05) is 0 Å². The molecule has 0 atom stereocenters. The van der Waals surface area contributed by atoms with Crippen LogP contribution < -0.4 is 0 Å². The average Bonchev–Trinajstić information content (AvgIpc) is 3.47. The third kappa shape index (κ3) is 2.21. The molecule has 0 radical (unpaired) electrons. The third-order valence-corrected chi connectivity index (χ3v) is 5.97. The number of rotatable bonds is 2. The van der Waals surface area contributed by atoms with Crippen LogP contribution in [-0.4, -0.2) is 14.0 Å². The molecule has 4 heteroatoms. The van der Waals surface area contributed by atoms with Gasteiger partial charge in [-0.2, -0.15) is 4.98 Å². The van der Waals surface area contributed by atoms with Crippen LogP contribution in [0.1, 0.15) is 0 Å². The summed E-state index contributed by atoms with van der Waals surface area (Å²) in [6, 6.07) is 35.5. The first-order valence-electron chi connectivity index (χ1n) is 10.3. The molecule has 0 bridgehead atoms. The molecular formula is C27H17N3O. The molecule has 0 fully saturated rings. The van der Waals surface area contributed by atoms with Gasteiger partial charge in [0.15, 0.2) is 11.4 Å². The highest BCUT2D eigenvalue weighted by atomic mass is 16.4. The van der Waals surface area contributed by atoms with Gasteiger partial charge in [-0.25, -0.2) is 0 Å². The van der Waals surface area contributed by atoms with Crippen LogP contribution in [0.4, 0.5) is 0 Å². The first kappa shape index (κ1) is 16.5. The van der Waals surface area contributed by atoms with E-state index in [2.05, 4.69) is 87.8 Å². The highest BCUT2D eigenvalue weighted by Gasteiger charge is 2.23. The minimum Gasteiger partial charge on any atom is -0.423 e. The van der Waals surface area contributed by atoms with Crippen LogP contribution in [0, 0.1) is 0 Å². The molecule has 0 spiro atoms. The zero-order valence-corrected chi connectivity index (χ0v) is 16.6.